The van der Waals surface area contributed by atoms with E-state index in [0.29, 0.717) is 0 Å². The smallest absolute Gasteiger partial charge is 0.377 e. The average Bonchev–Trinajstić information content (AvgIpc) is 1.94. The summed E-state index contributed by atoms with van der Waals surface area (Å²) in [5, 5.41) is 0. The lowest BCUT2D eigenvalue weighted by Gasteiger charge is -2.28. The molecule has 2 nitrogen and oxygen atoms in total. The maximum absolute atomic E-state index is 12.1. The van der Waals surface area contributed by atoms with E-state index in [2.05, 4.69) is 4.74 Å². The Morgan fingerprint density at radius 2 is 1.38 bits per heavy atom. The molecule has 0 aliphatic carbocycles. The summed E-state index contributed by atoms with van der Waals surface area (Å²) in [6.45, 7) is 2.19. The van der Waals surface area contributed by atoms with Gasteiger partial charge in [0, 0.05) is 6.04 Å². The summed E-state index contributed by atoms with van der Waals surface area (Å²) >= 11 is 0. The first-order valence-corrected chi connectivity index (χ1v) is 4.47. The molecule has 0 amide bonds. The van der Waals surface area contributed by atoms with Gasteiger partial charge in [-0.15, -0.1) is 0 Å². The van der Waals surface area contributed by atoms with Gasteiger partial charge in [-0.05, 0) is 13.8 Å². The molecular formula is C8H13F6NO. The van der Waals surface area contributed by atoms with Crippen molar-refractivity contribution in [3.05, 3.63) is 0 Å². The Kier molecular flexibility index (Phi) is 5.06. The number of hydrogen-bond acceptors (Lipinski definition) is 2. The van der Waals surface area contributed by atoms with Gasteiger partial charge in [-0.2, -0.15) is 26.3 Å². The molecule has 0 heterocycles. The third kappa shape index (κ3) is 5.02. The zero-order valence-electron chi connectivity index (χ0n) is 8.69. The predicted octanol–water partition coefficient (Wildman–Crippen LogP) is 2.48. The van der Waals surface area contributed by atoms with E-state index in [1.54, 1.807) is 0 Å². The second-order valence-electron chi connectivity index (χ2n) is 3.61. The van der Waals surface area contributed by atoms with E-state index in [0.717, 1.165) is 0 Å². The van der Waals surface area contributed by atoms with Crippen LogP contribution in [0.15, 0.2) is 0 Å². The molecule has 1 unspecified atom stereocenters. The second kappa shape index (κ2) is 5.22. The molecule has 0 bridgehead atoms. The Morgan fingerprint density at radius 3 is 1.62 bits per heavy atom. The van der Waals surface area contributed by atoms with Crippen molar-refractivity contribution < 1.29 is 31.1 Å². The van der Waals surface area contributed by atoms with Gasteiger partial charge in [0.15, 0.2) is 5.92 Å². The van der Waals surface area contributed by atoms with Crippen LogP contribution in [0, 0.1) is 5.92 Å². The highest BCUT2D eigenvalue weighted by Gasteiger charge is 2.59. The highest BCUT2D eigenvalue weighted by Crippen LogP contribution is 2.40. The summed E-state index contributed by atoms with van der Waals surface area (Å²) in [5.74, 6) is -3.56. The highest BCUT2D eigenvalue weighted by atomic mass is 19.4. The van der Waals surface area contributed by atoms with Gasteiger partial charge in [0.1, 0.15) is 0 Å². The highest BCUT2D eigenvalue weighted by molar-refractivity contribution is 4.85. The van der Waals surface area contributed by atoms with Crippen LogP contribution in [0.5, 0.6) is 0 Å². The molecule has 1 atom stereocenters. The van der Waals surface area contributed by atoms with Crippen LogP contribution in [-0.4, -0.2) is 31.1 Å². The molecular weight excluding hydrogens is 240 g/mol. The number of nitrogens with two attached hydrogens (primary N) is 1. The zero-order valence-corrected chi connectivity index (χ0v) is 8.69. The van der Waals surface area contributed by atoms with Crippen LogP contribution in [0.1, 0.15) is 13.8 Å². The van der Waals surface area contributed by atoms with E-state index in [4.69, 9.17) is 5.73 Å². The Bertz CT molecular complexity index is 198. The second-order valence-corrected chi connectivity index (χ2v) is 3.61. The van der Waals surface area contributed by atoms with Crippen LogP contribution in [0.25, 0.3) is 0 Å². The van der Waals surface area contributed by atoms with Gasteiger partial charge in [0.05, 0.1) is 12.7 Å². The summed E-state index contributed by atoms with van der Waals surface area (Å²) in [4.78, 5) is 0. The lowest BCUT2D eigenvalue weighted by atomic mass is 10.00. The number of alkyl halides is 6. The van der Waals surface area contributed by atoms with E-state index in [1.165, 1.54) is 13.8 Å². The first kappa shape index (κ1) is 15.5. The van der Waals surface area contributed by atoms with Gasteiger partial charge < -0.3 is 10.5 Å². The number of halogens is 6. The fourth-order valence-electron chi connectivity index (χ4n) is 1.07. The van der Waals surface area contributed by atoms with Crippen LogP contribution in [0.4, 0.5) is 26.3 Å². The van der Waals surface area contributed by atoms with Crippen molar-refractivity contribution in [2.45, 2.75) is 38.3 Å². The molecule has 0 aliphatic rings. The van der Waals surface area contributed by atoms with E-state index in [9.17, 15) is 26.3 Å². The zero-order chi connectivity index (χ0) is 13.1. The molecule has 0 rings (SSSR count). The van der Waals surface area contributed by atoms with Crippen molar-refractivity contribution in [3.8, 4) is 0 Å². The van der Waals surface area contributed by atoms with Gasteiger partial charge in [-0.1, -0.05) is 0 Å². The molecule has 0 aromatic carbocycles. The standard InChI is InChI=1S/C8H13F6NO/c1-4(2)16-3-5(15)6(7(9,10)11)8(12,13)14/h4-6H,3,15H2,1-2H3. The van der Waals surface area contributed by atoms with Crippen molar-refractivity contribution in [1.29, 1.82) is 0 Å². The maximum Gasteiger partial charge on any atom is 0.402 e. The monoisotopic (exact) mass is 253 g/mol. The molecule has 0 radical (unpaired) electrons. The minimum atomic E-state index is -5.42. The molecule has 0 saturated heterocycles. The maximum atomic E-state index is 12.1. The normalized spacial score (nSPS) is 15.9. The summed E-state index contributed by atoms with van der Waals surface area (Å²) in [7, 11) is 0. The van der Waals surface area contributed by atoms with Crippen LogP contribution in [0.2, 0.25) is 0 Å². The number of hydrogen-bond donors (Lipinski definition) is 1. The average molecular weight is 253 g/mol. The minimum Gasteiger partial charge on any atom is -0.377 e. The van der Waals surface area contributed by atoms with Crippen LogP contribution < -0.4 is 5.73 Å². The molecule has 0 aromatic heterocycles. The largest absolute Gasteiger partial charge is 0.402 e. The predicted molar refractivity (Wildman–Crippen MR) is 44.7 cm³/mol. The molecule has 98 valence electrons. The molecule has 2 N–H and O–H groups in total. The Labute approximate surface area is 88.7 Å². The quantitative estimate of drug-likeness (QED) is 0.781. The first-order chi connectivity index (χ1) is 6.96. The van der Waals surface area contributed by atoms with Crippen molar-refractivity contribution in [2.75, 3.05) is 6.61 Å². The Hall–Kier alpha value is -0.500. The van der Waals surface area contributed by atoms with Crippen molar-refractivity contribution in [3.63, 3.8) is 0 Å². The van der Waals surface area contributed by atoms with Gasteiger partial charge >= 0.3 is 12.4 Å². The molecule has 8 heteroatoms. The number of rotatable bonds is 4. The third-order valence-corrected chi connectivity index (χ3v) is 1.76. The van der Waals surface area contributed by atoms with Crippen LogP contribution in [-0.2, 0) is 4.74 Å². The van der Waals surface area contributed by atoms with Gasteiger partial charge in [-0.25, -0.2) is 0 Å². The van der Waals surface area contributed by atoms with Crippen molar-refractivity contribution >= 4 is 0 Å². The van der Waals surface area contributed by atoms with E-state index in [1.807, 2.05) is 0 Å². The fraction of sp³-hybridized carbons (Fsp3) is 1.00. The first-order valence-electron chi connectivity index (χ1n) is 4.47. The summed E-state index contributed by atoms with van der Waals surface area (Å²) < 4.78 is 77.5. The Morgan fingerprint density at radius 1 is 1.00 bits per heavy atom. The minimum absolute atomic E-state index is 0.479. The van der Waals surface area contributed by atoms with E-state index >= 15 is 0 Å². The topological polar surface area (TPSA) is 35.2 Å². The van der Waals surface area contributed by atoms with Crippen LogP contribution in [0.3, 0.4) is 0 Å². The van der Waals surface area contributed by atoms with Gasteiger partial charge in [0.2, 0.25) is 0 Å². The van der Waals surface area contributed by atoms with Crippen molar-refractivity contribution in [2.24, 2.45) is 11.7 Å². The lowest BCUT2D eigenvalue weighted by molar-refractivity contribution is -0.292. The number of ether oxygens (including phenoxy) is 1. The van der Waals surface area contributed by atoms with E-state index in [-0.39, 0.29) is 0 Å². The summed E-state index contributed by atoms with van der Waals surface area (Å²) in [6.07, 6.45) is -11.3. The summed E-state index contributed by atoms with van der Waals surface area (Å²) in [6, 6.07) is -2.15. The third-order valence-electron chi connectivity index (χ3n) is 1.76. The molecule has 0 aliphatic heterocycles. The Balaban J connectivity index is 4.66. The molecule has 0 fully saturated rings. The van der Waals surface area contributed by atoms with Gasteiger partial charge in [-0.3, -0.25) is 0 Å². The molecule has 0 spiro atoms. The van der Waals surface area contributed by atoms with Crippen LogP contribution >= 0.6 is 0 Å². The molecule has 0 saturated carbocycles. The molecule has 16 heavy (non-hydrogen) atoms. The summed E-state index contributed by atoms with van der Waals surface area (Å²) in [5.41, 5.74) is 4.87. The van der Waals surface area contributed by atoms with E-state index < -0.39 is 37.0 Å². The SMILES string of the molecule is CC(C)OCC(N)C(C(F)(F)F)C(F)(F)F. The van der Waals surface area contributed by atoms with Gasteiger partial charge in [0.25, 0.3) is 0 Å². The lowest BCUT2D eigenvalue weighted by Crippen LogP contribution is -2.51. The van der Waals surface area contributed by atoms with Crippen molar-refractivity contribution in [1.82, 2.24) is 0 Å². The molecule has 0 aromatic rings. The fourth-order valence-corrected chi connectivity index (χ4v) is 1.07.